The van der Waals surface area contributed by atoms with Gasteiger partial charge in [0.2, 0.25) is 0 Å². The fourth-order valence-corrected chi connectivity index (χ4v) is 3.92. The lowest BCUT2D eigenvalue weighted by Gasteiger charge is -2.33. The van der Waals surface area contributed by atoms with Crippen LogP contribution in [-0.4, -0.2) is 62.8 Å². The summed E-state index contributed by atoms with van der Waals surface area (Å²) in [7, 11) is 1.87. The molecule has 0 amide bonds. The van der Waals surface area contributed by atoms with Gasteiger partial charge < -0.3 is 20.3 Å². The van der Waals surface area contributed by atoms with Crippen LogP contribution in [0.2, 0.25) is 0 Å². The van der Waals surface area contributed by atoms with E-state index < -0.39 is 0 Å². The van der Waals surface area contributed by atoms with Gasteiger partial charge in [0.15, 0.2) is 5.96 Å². The summed E-state index contributed by atoms with van der Waals surface area (Å²) in [6.07, 6.45) is 3.94. The Kier molecular flexibility index (Phi) is 7.53. The normalized spacial score (nSPS) is 24.2. The van der Waals surface area contributed by atoms with Crippen LogP contribution in [0, 0.1) is 5.92 Å². The minimum atomic E-state index is 0.326. The maximum atomic E-state index is 5.67. The van der Waals surface area contributed by atoms with Crippen LogP contribution in [0.4, 0.5) is 0 Å². The molecule has 1 saturated carbocycles. The smallest absolute Gasteiger partial charge is 0.191 e. The first-order chi connectivity index (χ1) is 13.2. The van der Waals surface area contributed by atoms with Gasteiger partial charge in [-0.3, -0.25) is 4.99 Å². The molecule has 5 nitrogen and oxygen atoms in total. The van der Waals surface area contributed by atoms with E-state index >= 15 is 0 Å². The number of hydrogen-bond acceptors (Lipinski definition) is 3. The highest BCUT2D eigenvalue weighted by molar-refractivity contribution is 5.80. The first-order valence-corrected chi connectivity index (χ1v) is 10.5. The molecule has 2 N–H and O–H groups in total. The van der Waals surface area contributed by atoms with Crippen LogP contribution in [0.1, 0.15) is 44.6 Å². The van der Waals surface area contributed by atoms with Gasteiger partial charge >= 0.3 is 0 Å². The Balaban J connectivity index is 1.32. The van der Waals surface area contributed by atoms with Crippen molar-refractivity contribution >= 4 is 5.96 Å². The number of aliphatic imine (C=N–C) groups is 1. The molecule has 27 heavy (non-hydrogen) atoms. The third-order valence-corrected chi connectivity index (χ3v) is 5.69. The lowest BCUT2D eigenvalue weighted by atomic mass is 10.1. The van der Waals surface area contributed by atoms with Crippen LogP contribution in [-0.2, 0) is 4.74 Å². The lowest BCUT2D eigenvalue weighted by molar-refractivity contribution is 0.0532. The van der Waals surface area contributed by atoms with E-state index in [-0.39, 0.29) is 0 Å². The number of benzene rings is 1. The minimum Gasteiger partial charge on any atom is -0.377 e. The summed E-state index contributed by atoms with van der Waals surface area (Å²) in [5.41, 5.74) is 1.47. The highest BCUT2D eigenvalue weighted by atomic mass is 16.5. The second kappa shape index (κ2) is 10.1. The summed E-state index contributed by atoms with van der Waals surface area (Å²) in [6.45, 7) is 9.34. The van der Waals surface area contributed by atoms with Crippen LogP contribution in [0.3, 0.4) is 0 Å². The molecule has 1 aliphatic carbocycles. The standard InChI is InChI=1S/C22H36N4O/c1-17(2)27-14-13-26-11-9-20(10-12-26)25-22(23-3)24-16-19-15-21(19)18-7-5-4-6-8-18/h4-8,17,19-21H,9-16H2,1-3H3,(H2,23,24,25). The van der Waals surface area contributed by atoms with E-state index in [2.05, 4.69) is 64.7 Å². The van der Waals surface area contributed by atoms with E-state index in [9.17, 15) is 0 Å². The van der Waals surface area contributed by atoms with Gasteiger partial charge in [-0.2, -0.15) is 0 Å². The number of rotatable bonds is 8. The van der Waals surface area contributed by atoms with Crippen LogP contribution in [0.5, 0.6) is 0 Å². The Bertz CT molecular complexity index is 581. The number of likely N-dealkylation sites (tertiary alicyclic amines) is 1. The van der Waals surface area contributed by atoms with Gasteiger partial charge in [-0.15, -0.1) is 0 Å². The summed E-state index contributed by atoms with van der Waals surface area (Å²) < 4.78 is 5.67. The van der Waals surface area contributed by atoms with Gasteiger partial charge in [-0.05, 0) is 50.5 Å². The molecule has 0 bridgehead atoms. The van der Waals surface area contributed by atoms with Crippen molar-refractivity contribution in [2.24, 2.45) is 10.9 Å². The minimum absolute atomic E-state index is 0.326. The molecule has 2 fully saturated rings. The van der Waals surface area contributed by atoms with Crippen molar-refractivity contribution in [3.05, 3.63) is 35.9 Å². The van der Waals surface area contributed by atoms with Gasteiger partial charge in [-0.1, -0.05) is 30.3 Å². The number of ether oxygens (including phenoxy) is 1. The van der Waals surface area contributed by atoms with Crippen molar-refractivity contribution in [2.75, 3.05) is 39.8 Å². The average Bonchev–Trinajstić information content (AvgIpc) is 3.46. The average molecular weight is 373 g/mol. The monoisotopic (exact) mass is 372 g/mol. The van der Waals surface area contributed by atoms with Crippen LogP contribution in [0.15, 0.2) is 35.3 Å². The summed E-state index contributed by atoms with van der Waals surface area (Å²) in [5.74, 6) is 2.40. The van der Waals surface area contributed by atoms with E-state index in [0.717, 1.165) is 44.7 Å². The topological polar surface area (TPSA) is 48.9 Å². The van der Waals surface area contributed by atoms with Gasteiger partial charge in [0.05, 0.1) is 12.7 Å². The first kappa shape index (κ1) is 20.2. The third-order valence-electron chi connectivity index (χ3n) is 5.69. The van der Waals surface area contributed by atoms with E-state index in [0.29, 0.717) is 18.1 Å². The largest absolute Gasteiger partial charge is 0.377 e. The fraction of sp³-hybridized carbons (Fsp3) is 0.682. The second-order valence-corrected chi connectivity index (χ2v) is 8.15. The lowest BCUT2D eigenvalue weighted by Crippen LogP contribution is -2.49. The van der Waals surface area contributed by atoms with Crippen LogP contribution in [0.25, 0.3) is 0 Å². The number of guanidine groups is 1. The van der Waals surface area contributed by atoms with Crippen molar-refractivity contribution < 1.29 is 4.74 Å². The Morgan fingerprint density at radius 1 is 1.22 bits per heavy atom. The van der Waals surface area contributed by atoms with Crippen LogP contribution < -0.4 is 10.6 Å². The van der Waals surface area contributed by atoms with E-state index in [4.69, 9.17) is 4.74 Å². The van der Waals surface area contributed by atoms with Crippen molar-refractivity contribution in [3.63, 3.8) is 0 Å². The number of nitrogens with one attached hydrogen (secondary N) is 2. The van der Waals surface area contributed by atoms with Crippen molar-refractivity contribution in [1.82, 2.24) is 15.5 Å². The fourth-order valence-electron chi connectivity index (χ4n) is 3.92. The van der Waals surface area contributed by atoms with Gasteiger partial charge in [0.1, 0.15) is 0 Å². The quantitative estimate of drug-likeness (QED) is 0.544. The highest BCUT2D eigenvalue weighted by Crippen LogP contribution is 2.46. The van der Waals surface area contributed by atoms with Crippen molar-refractivity contribution in [2.45, 2.75) is 51.2 Å². The van der Waals surface area contributed by atoms with Gasteiger partial charge in [0.25, 0.3) is 0 Å². The molecule has 1 aromatic rings. The molecule has 0 radical (unpaired) electrons. The third kappa shape index (κ3) is 6.51. The van der Waals surface area contributed by atoms with Gasteiger partial charge in [-0.25, -0.2) is 0 Å². The molecule has 1 aromatic carbocycles. The number of nitrogens with zero attached hydrogens (tertiary/aromatic N) is 2. The van der Waals surface area contributed by atoms with Gasteiger partial charge in [0, 0.05) is 39.3 Å². The van der Waals surface area contributed by atoms with E-state index in [1.54, 1.807) is 0 Å². The Morgan fingerprint density at radius 2 is 1.96 bits per heavy atom. The molecule has 1 saturated heterocycles. The Labute approximate surface area is 164 Å². The molecule has 0 aromatic heterocycles. The molecule has 1 aliphatic heterocycles. The molecule has 150 valence electrons. The van der Waals surface area contributed by atoms with E-state index in [1.165, 1.54) is 24.8 Å². The zero-order valence-electron chi connectivity index (χ0n) is 17.2. The zero-order valence-corrected chi connectivity index (χ0v) is 17.2. The Hall–Kier alpha value is -1.59. The molecule has 2 atom stereocenters. The molecule has 5 heteroatoms. The molecular weight excluding hydrogens is 336 g/mol. The highest BCUT2D eigenvalue weighted by Gasteiger charge is 2.37. The molecular formula is C22H36N4O. The predicted octanol–water partition coefficient (Wildman–Crippen LogP) is 2.84. The first-order valence-electron chi connectivity index (χ1n) is 10.5. The maximum absolute atomic E-state index is 5.67. The summed E-state index contributed by atoms with van der Waals surface area (Å²) >= 11 is 0. The predicted molar refractivity (Wildman–Crippen MR) is 112 cm³/mol. The SMILES string of the molecule is CN=C(NCC1CC1c1ccccc1)NC1CCN(CCOC(C)C)CC1. The molecule has 0 spiro atoms. The number of hydrogen-bond donors (Lipinski definition) is 2. The van der Waals surface area contributed by atoms with Crippen molar-refractivity contribution in [3.8, 4) is 0 Å². The van der Waals surface area contributed by atoms with E-state index in [1.807, 2.05) is 7.05 Å². The Morgan fingerprint density at radius 3 is 2.63 bits per heavy atom. The summed E-state index contributed by atoms with van der Waals surface area (Å²) in [6, 6.07) is 11.4. The zero-order chi connectivity index (χ0) is 19.1. The second-order valence-electron chi connectivity index (χ2n) is 8.15. The number of piperidine rings is 1. The summed E-state index contributed by atoms with van der Waals surface area (Å²) in [4.78, 5) is 6.93. The molecule has 2 aliphatic rings. The maximum Gasteiger partial charge on any atom is 0.191 e. The molecule has 3 rings (SSSR count). The molecule has 2 unspecified atom stereocenters. The van der Waals surface area contributed by atoms with Crippen molar-refractivity contribution in [1.29, 1.82) is 0 Å². The molecule has 1 heterocycles. The van der Waals surface area contributed by atoms with Crippen LogP contribution >= 0.6 is 0 Å². The summed E-state index contributed by atoms with van der Waals surface area (Å²) in [5, 5.41) is 7.16.